The smallest absolute Gasteiger partial charge is 0.251 e. The monoisotopic (exact) mass is 408 g/mol. The zero-order chi connectivity index (χ0) is 20.6. The maximum atomic E-state index is 12.5. The van der Waals surface area contributed by atoms with E-state index in [1.807, 2.05) is 6.07 Å². The molecule has 0 saturated carbocycles. The van der Waals surface area contributed by atoms with Gasteiger partial charge in [0, 0.05) is 31.3 Å². The molecule has 0 saturated heterocycles. The number of ether oxygens (including phenoxy) is 3. The minimum absolute atomic E-state index is 0.00946. The maximum Gasteiger partial charge on any atom is 0.251 e. The largest absolute Gasteiger partial charge is 0.493 e. The molecule has 0 aliphatic carbocycles. The van der Waals surface area contributed by atoms with Crippen LogP contribution in [0.2, 0.25) is 0 Å². The van der Waals surface area contributed by atoms with Crippen LogP contribution in [0.3, 0.4) is 0 Å². The lowest BCUT2D eigenvalue weighted by atomic mass is 10.1. The first-order valence-electron chi connectivity index (χ1n) is 8.49. The van der Waals surface area contributed by atoms with Crippen LogP contribution < -0.4 is 19.5 Å². The van der Waals surface area contributed by atoms with E-state index in [0.29, 0.717) is 11.5 Å². The highest BCUT2D eigenvalue weighted by Crippen LogP contribution is 2.30. The van der Waals surface area contributed by atoms with E-state index in [1.165, 1.54) is 39.5 Å². The number of hydrogen-bond acceptors (Lipinski definition) is 6. The summed E-state index contributed by atoms with van der Waals surface area (Å²) in [5.74, 6) is 0.687. The molecule has 2 aromatic carbocycles. The van der Waals surface area contributed by atoms with Crippen molar-refractivity contribution < 1.29 is 27.4 Å². The molecule has 1 amide bonds. The minimum atomic E-state index is -3.72. The van der Waals surface area contributed by atoms with Gasteiger partial charge in [-0.3, -0.25) is 4.79 Å². The molecule has 2 aromatic rings. The van der Waals surface area contributed by atoms with E-state index < -0.39 is 15.9 Å². The Morgan fingerprint density at radius 2 is 1.79 bits per heavy atom. The van der Waals surface area contributed by atoms with E-state index in [-0.39, 0.29) is 30.2 Å². The predicted octanol–water partition coefficient (Wildman–Crippen LogP) is 1.56. The van der Waals surface area contributed by atoms with Crippen molar-refractivity contribution in [3.63, 3.8) is 0 Å². The van der Waals surface area contributed by atoms with E-state index in [4.69, 9.17) is 14.2 Å². The van der Waals surface area contributed by atoms with Crippen LogP contribution in [-0.2, 0) is 21.3 Å². The molecular weight excluding hydrogens is 384 g/mol. The van der Waals surface area contributed by atoms with Gasteiger partial charge >= 0.3 is 0 Å². The number of benzene rings is 2. The highest BCUT2D eigenvalue weighted by atomic mass is 32.2. The lowest BCUT2D eigenvalue weighted by molar-refractivity contribution is 0.0950. The number of hydrogen-bond donors (Lipinski definition) is 2. The van der Waals surface area contributed by atoms with Crippen molar-refractivity contribution in [2.75, 3.05) is 34.5 Å². The lowest BCUT2D eigenvalue weighted by Gasteiger charge is -2.13. The van der Waals surface area contributed by atoms with Gasteiger partial charge in [-0.05, 0) is 24.3 Å². The van der Waals surface area contributed by atoms with E-state index >= 15 is 0 Å². The molecule has 0 spiro atoms. The quantitative estimate of drug-likeness (QED) is 0.579. The van der Waals surface area contributed by atoms with Gasteiger partial charge in [-0.15, -0.1) is 0 Å². The SMILES string of the molecule is COCCNS(=O)(=O)c1cccc(C(=O)NCc2cccc(OC)c2OC)c1. The zero-order valence-electron chi connectivity index (χ0n) is 16.0. The van der Waals surface area contributed by atoms with Crippen LogP contribution in [0.1, 0.15) is 15.9 Å². The lowest BCUT2D eigenvalue weighted by Crippen LogP contribution is -2.28. The van der Waals surface area contributed by atoms with Gasteiger partial charge in [-0.2, -0.15) is 0 Å². The van der Waals surface area contributed by atoms with Crippen LogP contribution in [0.25, 0.3) is 0 Å². The fourth-order valence-corrected chi connectivity index (χ4v) is 3.59. The van der Waals surface area contributed by atoms with Crippen LogP contribution >= 0.6 is 0 Å². The Kier molecular flexibility index (Phi) is 7.80. The summed E-state index contributed by atoms with van der Waals surface area (Å²) in [6.07, 6.45) is 0. The van der Waals surface area contributed by atoms with Gasteiger partial charge < -0.3 is 19.5 Å². The van der Waals surface area contributed by atoms with E-state index in [2.05, 4.69) is 10.0 Å². The Bertz CT molecular complexity index is 914. The molecule has 152 valence electrons. The van der Waals surface area contributed by atoms with Gasteiger partial charge in [-0.1, -0.05) is 18.2 Å². The first-order chi connectivity index (χ1) is 13.4. The molecule has 2 N–H and O–H groups in total. The van der Waals surface area contributed by atoms with Crippen molar-refractivity contribution >= 4 is 15.9 Å². The van der Waals surface area contributed by atoms with Crippen molar-refractivity contribution in [3.8, 4) is 11.5 Å². The number of amides is 1. The summed E-state index contributed by atoms with van der Waals surface area (Å²) in [5, 5.41) is 2.76. The molecule has 0 aromatic heterocycles. The Morgan fingerprint density at radius 3 is 2.46 bits per heavy atom. The molecule has 28 heavy (non-hydrogen) atoms. The Morgan fingerprint density at radius 1 is 1.04 bits per heavy atom. The van der Waals surface area contributed by atoms with Crippen molar-refractivity contribution in [2.45, 2.75) is 11.4 Å². The molecule has 0 unspecified atom stereocenters. The topological polar surface area (TPSA) is 103 Å². The Balaban J connectivity index is 2.12. The third-order valence-corrected chi connectivity index (χ3v) is 5.39. The second kappa shape index (κ2) is 10.1. The fourth-order valence-electron chi connectivity index (χ4n) is 2.54. The second-order valence-corrected chi connectivity index (χ2v) is 7.52. The van der Waals surface area contributed by atoms with Crippen molar-refractivity contribution in [1.82, 2.24) is 10.0 Å². The summed E-state index contributed by atoms with van der Waals surface area (Å²) in [4.78, 5) is 12.5. The maximum absolute atomic E-state index is 12.5. The van der Waals surface area contributed by atoms with Gasteiger partial charge in [0.1, 0.15) is 0 Å². The van der Waals surface area contributed by atoms with Crippen LogP contribution in [0.5, 0.6) is 11.5 Å². The highest BCUT2D eigenvalue weighted by molar-refractivity contribution is 7.89. The average Bonchev–Trinajstić information content (AvgIpc) is 2.71. The van der Waals surface area contributed by atoms with Crippen molar-refractivity contribution in [3.05, 3.63) is 53.6 Å². The van der Waals surface area contributed by atoms with E-state index in [1.54, 1.807) is 18.2 Å². The molecule has 0 atom stereocenters. The predicted molar refractivity (Wildman–Crippen MR) is 104 cm³/mol. The Hall–Kier alpha value is -2.62. The minimum Gasteiger partial charge on any atom is -0.493 e. The summed E-state index contributed by atoms with van der Waals surface area (Å²) in [6.45, 7) is 0.592. The number of sulfonamides is 1. The normalized spacial score (nSPS) is 11.1. The molecule has 0 fully saturated rings. The molecule has 0 bridgehead atoms. The number of methoxy groups -OCH3 is 3. The number of rotatable bonds is 10. The van der Waals surface area contributed by atoms with E-state index in [9.17, 15) is 13.2 Å². The molecular formula is C19H24N2O6S. The van der Waals surface area contributed by atoms with Crippen LogP contribution in [0.4, 0.5) is 0 Å². The summed E-state index contributed by atoms with van der Waals surface area (Å²) in [5.41, 5.74) is 0.969. The van der Waals surface area contributed by atoms with Crippen molar-refractivity contribution in [2.24, 2.45) is 0 Å². The standard InChI is InChI=1S/C19H24N2O6S/c1-25-11-10-21-28(23,24)16-8-4-6-14(12-16)19(22)20-13-15-7-5-9-17(26-2)18(15)27-3/h4-9,12,21H,10-11,13H2,1-3H3,(H,20,22). The second-order valence-electron chi connectivity index (χ2n) is 5.75. The van der Waals surface area contributed by atoms with Gasteiger partial charge in [0.05, 0.1) is 25.7 Å². The van der Waals surface area contributed by atoms with Crippen LogP contribution in [0.15, 0.2) is 47.4 Å². The van der Waals surface area contributed by atoms with Crippen LogP contribution in [-0.4, -0.2) is 48.8 Å². The Labute approximate surface area is 164 Å². The third kappa shape index (κ3) is 5.44. The van der Waals surface area contributed by atoms with E-state index in [0.717, 1.165) is 5.56 Å². The molecule has 0 aliphatic heterocycles. The third-order valence-electron chi connectivity index (χ3n) is 3.93. The average molecular weight is 408 g/mol. The molecule has 0 heterocycles. The molecule has 2 rings (SSSR count). The first kappa shape index (κ1) is 21.7. The van der Waals surface area contributed by atoms with Crippen molar-refractivity contribution in [1.29, 1.82) is 0 Å². The molecule has 0 aliphatic rings. The molecule has 0 radical (unpaired) electrons. The summed E-state index contributed by atoms with van der Waals surface area (Å²) >= 11 is 0. The van der Waals surface area contributed by atoms with Gasteiger partial charge in [0.25, 0.3) is 5.91 Å². The summed E-state index contributed by atoms with van der Waals surface area (Å²) in [7, 11) is 0.817. The number of para-hydroxylation sites is 1. The summed E-state index contributed by atoms with van der Waals surface area (Å²) in [6, 6.07) is 11.2. The molecule has 8 nitrogen and oxygen atoms in total. The van der Waals surface area contributed by atoms with Gasteiger partial charge in [0.15, 0.2) is 11.5 Å². The fraction of sp³-hybridized carbons (Fsp3) is 0.316. The molecule has 9 heteroatoms. The summed E-state index contributed by atoms with van der Waals surface area (Å²) < 4.78 is 42.4. The zero-order valence-corrected chi connectivity index (χ0v) is 16.8. The van der Waals surface area contributed by atoms with Gasteiger partial charge in [-0.25, -0.2) is 13.1 Å². The van der Waals surface area contributed by atoms with Crippen LogP contribution in [0, 0.1) is 0 Å². The number of carbonyl (C=O) groups excluding carboxylic acids is 1. The number of carbonyl (C=O) groups is 1. The highest BCUT2D eigenvalue weighted by Gasteiger charge is 2.16. The van der Waals surface area contributed by atoms with Gasteiger partial charge in [0.2, 0.25) is 10.0 Å². The number of nitrogens with one attached hydrogen (secondary N) is 2. The first-order valence-corrected chi connectivity index (χ1v) is 9.98.